The number of aryl methyl sites for hydroxylation is 1. The lowest BCUT2D eigenvalue weighted by Crippen LogP contribution is -2.39. The van der Waals surface area contributed by atoms with Crippen molar-refractivity contribution < 1.29 is 9.53 Å². The smallest absolute Gasteiger partial charge is 0.261 e. The Balaban J connectivity index is 1.74. The molecule has 0 aromatic heterocycles. The second kappa shape index (κ2) is 10.6. The third-order valence-corrected chi connectivity index (χ3v) is 5.63. The molecule has 0 spiro atoms. The lowest BCUT2D eigenvalue weighted by molar-refractivity contribution is -0.127. The molecule has 0 saturated carbocycles. The van der Waals surface area contributed by atoms with E-state index in [0.717, 1.165) is 17.3 Å². The summed E-state index contributed by atoms with van der Waals surface area (Å²) in [6, 6.07) is 16.6. The van der Waals surface area contributed by atoms with Crippen molar-refractivity contribution in [1.82, 2.24) is 5.32 Å². The maximum atomic E-state index is 12.4. The molecule has 0 heterocycles. The van der Waals surface area contributed by atoms with Gasteiger partial charge in [0.05, 0.1) is 0 Å². The van der Waals surface area contributed by atoms with Crippen molar-refractivity contribution >= 4 is 17.7 Å². The molecule has 152 valence electrons. The van der Waals surface area contributed by atoms with E-state index in [1.165, 1.54) is 16.7 Å². The molecule has 2 rings (SSSR count). The lowest BCUT2D eigenvalue weighted by Gasteiger charge is -2.21. The van der Waals surface area contributed by atoms with E-state index < -0.39 is 6.10 Å². The minimum atomic E-state index is -0.456. The highest BCUT2D eigenvalue weighted by molar-refractivity contribution is 7.98. The molecule has 1 atom stereocenters. The first-order chi connectivity index (χ1) is 13.3. The number of ether oxygens (including phenoxy) is 1. The van der Waals surface area contributed by atoms with Gasteiger partial charge in [-0.1, -0.05) is 69.7 Å². The average molecular weight is 400 g/mol. The van der Waals surface area contributed by atoms with Crippen LogP contribution in [0.5, 0.6) is 5.75 Å². The maximum Gasteiger partial charge on any atom is 0.261 e. The van der Waals surface area contributed by atoms with Crippen molar-refractivity contribution in [3.05, 3.63) is 65.2 Å². The van der Waals surface area contributed by atoms with Gasteiger partial charge in [0.2, 0.25) is 0 Å². The van der Waals surface area contributed by atoms with Crippen molar-refractivity contribution in [3.63, 3.8) is 0 Å². The fraction of sp³-hybridized carbons (Fsp3) is 0.458. The fourth-order valence-electron chi connectivity index (χ4n) is 2.75. The Bertz CT molecular complexity index is 733. The van der Waals surface area contributed by atoms with Gasteiger partial charge in [-0.3, -0.25) is 4.79 Å². The monoisotopic (exact) mass is 399 g/mol. The molecule has 3 nitrogen and oxygen atoms in total. The van der Waals surface area contributed by atoms with Crippen LogP contribution in [0.2, 0.25) is 0 Å². The molecule has 4 heteroatoms. The van der Waals surface area contributed by atoms with Crippen molar-refractivity contribution in [2.45, 2.75) is 58.3 Å². The lowest BCUT2D eigenvalue weighted by atomic mass is 9.87. The summed E-state index contributed by atoms with van der Waals surface area (Å²) in [4.78, 5) is 12.4. The first-order valence-electron chi connectivity index (χ1n) is 9.98. The largest absolute Gasteiger partial charge is 0.481 e. The van der Waals surface area contributed by atoms with Gasteiger partial charge in [-0.05, 0) is 42.0 Å². The molecule has 0 saturated heterocycles. The Morgan fingerprint density at radius 3 is 2.29 bits per heavy atom. The molecule has 0 aliphatic heterocycles. The summed E-state index contributed by atoms with van der Waals surface area (Å²) in [6.07, 6.45) is 0.186. The van der Waals surface area contributed by atoms with Gasteiger partial charge >= 0.3 is 0 Å². The molecule has 0 aliphatic carbocycles. The number of rotatable bonds is 9. The van der Waals surface area contributed by atoms with E-state index in [4.69, 9.17) is 4.74 Å². The Morgan fingerprint density at radius 2 is 1.71 bits per heavy atom. The minimum Gasteiger partial charge on any atom is -0.481 e. The van der Waals surface area contributed by atoms with Gasteiger partial charge in [-0.15, -0.1) is 0 Å². The van der Waals surface area contributed by atoms with Crippen LogP contribution in [0.1, 0.15) is 50.8 Å². The Morgan fingerprint density at radius 1 is 1.07 bits per heavy atom. The van der Waals surface area contributed by atoms with Crippen molar-refractivity contribution in [1.29, 1.82) is 0 Å². The maximum absolute atomic E-state index is 12.4. The van der Waals surface area contributed by atoms with E-state index in [-0.39, 0.29) is 11.3 Å². The van der Waals surface area contributed by atoms with Gasteiger partial charge in [0.1, 0.15) is 5.75 Å². The van der Waals surface area contributed by atoms with Crippen molar-refractivity contribution in [2.24, 2.45) is 0 Å². The van der Waals surface area contributed by atoms with Gasteiger partial charge in [-0.2, -0.15) is 11.8 Å². The Kier molecular flexibility index (Phi) is 8.43. The third-order valence-electron chi connectivity index (χ3n) is 4.60. The number of carbonyl (C=O) groups excluding carboxylic acids is 1. The molecular formula is C24H33NO2S. The van der Waals surface area contributed by atoms with Gasteiger partial charge in [0, 0.05) is 18.1 Å². The van der Waals surface area contributed by atoms with E-state index in [1.54, 1.807) is 0 Å². The molecule has 28 heavy (non-hydrogen) atoms. The van der Waals surface area contributed by atoms with Crippen LogP contribution in [0.3, 0.4) is 0 Å². The molecule has 2 aromatic carbocycles. The van der Waals surface area contributed by atoms with Gasteiger partial charge in [-0.25, -0.2) is 0 Å². The van der Waals surface area contributed by atoms with Gasteiger partial charge < -0.3 is 10.1 Å². The topological polar surface area (TPSA) is 38.3 Å². The van der Waals surface area contributed by atoms with Crippen molar-refractivity contribution in [3.8, 4) is 5.75 Å². The summed E-state index contributed by atoms with van der Waals surface area (Å²) in [5, 5.41) is 3.00. The summed E-state index contributed by atoms with van der Waals surface area (Å²) < 4.78 is 5.91. The number of hydrogen-bond donors (Lipinski definition) is 1. The highest BCUT2D eigenvalue weighted by Gasteiger charge is 2.18. The van der Waals surface area contributed by atoms with E-state index >= 15 is 0 Å². The molecule has 0 bridgehead atoms. The summed E-state index contributed by atoms with van der Waals surface area (Å²) in [6.45, 7) is 11.3. The van der Waals surface area contributed by atoms with Crippen molar-refractivity contribution in [2.75, 3.05) is 12.3 Å². The first-order valence-corrected chi connectivity index (χ1v) is 11.1. The van der Waals surface area contributed by atoms with Crippen LogP contribution in [0, 0.1) is 6.92 Å². The number of amides is 1. The van der Waals surface area contributed by atoms with Crippen LogP contribution in [0.25, 0.3) is 0 Å². The number of benzene rings is 2. The van der Waals surface area contributed by atoms with Crippen LogP contribution in [-0.4, -0.2) is 24.3 Å². The standard InChI is InChI=1S/C24H33NO2S/c1-6-22(27-21-13-11-20(12-14-21)24(3,4)5)23(26)25-15-16-28-17-19-9-7-18(2)8-10-19/h7-14,22H,6,15-17H2,1-5H3,(H,25,26). The first kappa shape index (κ1) is 22.4. The summed E-state index contributed by atoms with van der Waals surface area (Å²) in [5.74, 6) is 2.54. The summed E-state index contributed by atoms with van der Waals surface area (Å²) >= 11 is 1.83. The van der Waals surface area contributed by atoms with Gasteiger partial charge in [0.15, 0.2) is 6.10 Å². The SMILES string of the molecule is CCC(Oc1ccc(C(C)(C)C)cc1)C(=O)NCCSCc1ccc(C)cc1. The number of thioether (sulfide) groups is 1. The second-order valence-corrected chi connectivity index (χ2v) is 9.22. The molecule has 1 N–H and O–H groups in total. The fourth-order valence-corrected chi connectivity index (χ4v) is 3.57. The van der Waals surface area contributed by atoms with Gasteiger partial charge in [0.25, 0.3) is 5.91 Å². The zero-order chi connectivity index (χ0) is 20.6. The molecule has 0 radical (unpaired) electrons. The highest BCUT2D eigenvalue weighted by Crippen LogP contribution is 2.25. The molecule has 2 aromatic rings. The predicted molar refractivity (Wildman–Crippen MR) is 120 cm³/mol. The van der Waals surface area contributed by atoms with Crippen LogP contribution in [-0.2, 0) is 16.0 Å². The number of nitrogens with one attached hydrogen (secondary N) is 1. The quantitative estimate of drug-likeness (QED) is 0.566. The molecule has 0 fully saturated rings. The third kappa shape index (κ3) is 7.23. The number of hydrogen-bond acceptors (Lipinski definition) is 3. The highest BCUT2D eigenvalue weighted by atomic mass is 32.2. The summed E-state index contributed by atoms with van der Waals surface area (Å²) in [7, 11) is 0. The van der Waals surface area contributed by atoms with Crippen LogP contribution in [0.4, 0.5) is 0 Å². The Labute approximate surface area is 174 Å². The predicted octanol–water partition coefficient (Wildman–Crippen LogP) is 5.50. The van der Waals surface area contributed by atoms with E-state index in [0.29, 0.717) is 13.0 Å². The molecule has 0 aliphatic rings. The van der Waals surface area contributed by atoms with Crippen LogP contribution < -0.4 is 10.1 Å². The Hall–Kier alpha value is -1.94. The van der Waals surface area contributed by atoms with E-state index in [1.807, 2.05) is 30.8 Å². The number of carbonyl (C=O) groups is 1. The average Bonchev–Trinajstić information content (AvgIpc) is 2.66. The normalized spacial score (nSPS) is 12.5. The molecule has 1 amide bonds. The van der Waals surface area contributed by atoms with E-state index in [9.17, 15) is 4.79 Å². The minimum absolute atomic E-state index is 0.0432. The molecular weight excluding hydrogens is 366 g/mol. The van der Waals surface area contributed by atoms with Crippen LogP contribution in [0.15, 0.2) is 48.5 Å². The summed E-state index contributed by atoms with van der Waals surface area (Å²) in [5.41, 5.74) is 3.95. The second-order valence-electron chi connectivity index (χ2n) is 8.12. The van der Waals surface area contributed by atoms with E-state index in [2.05, 4.69) is 69.4 Å². The molecule has 1 unspecified atom stereocenters. The van der Waals surface area contributed by atoms with Crippen LogP contribution >= 0.6 is 11.8 Å². The zero-order valence-corrected chi connectivity index (χ0v) is 18.6. The zero-order valence-electron chi connectivity index (χ0n) is 17.7.